The first kappa shape index (κ1) is 15.4. The lowest BCUT2D eigenvalue weighted by Crippen LogP contribution is -2.33. The van der Waals surface area contributed by atoms with Crippen LogP contribution in [0.5, 0.6) is 0 Å². The molecular formula is C14H10Cl2N2O3. The fourth-order valence-corrected chi connectivity index (χ4v) is 2.63. The number of aldehydes is 1. The van der Waals surface area contributed by atoms with Gasteiger partial charge in [0, 0.05) is 19.2 Å². The van der Waals surface area contributed by atoms with Crippen LogP contribution in [0.3, 0.4) is 0 Å². The highest BCUT2D eigenvalue weighted by Gasteiger charge is 2.24. The van der Waals surface area contributed by atoms with Gasteiger partial charge in [0.2, 0.25) is 11.8 Å². The van der Waals surface area contributed by atoms with Crippen LogP contribution >= 0.6 is 23.2 Å². The summed E-state index contributed by atoms with van der Waals surface area (Å²) in [5.41, 5.74) is 0.497. The Morgan fingerprint density at radius 1 is 1.14 bits per heavy atom. The number of amides is 2. The number of halogens is 2. The van der Waals surface area contributed by atoms with Crippen LogP contribution < -0.4 is 4.90 Å². The number of imide groups is 1. The number of hydrogen-bond donors (Lipinski definition) is 0. The van der Waals surface area contributed by atoms with Gasteiger partial charge in [0.1, 0.15) is 5.69 Å². The Hall–Kier alpha value is -1.98. The first-order valence-corrected chi connectivity index (χ1v) is 6.67. The second-order valence-electron chi connectivity index (χ2n) is 4.31. The summed E-state index contributed by atoms with van der Waals surface area (Å²) in [5.74, 6) is -1.02. The van der Waals surface area contributed by atoms with Gasteiger partial charge in [-0.05, 0) is 18.2 Å². The fraction of sp³-hybridized carbons (Fsp3) is 0.143. The first-order valence-electron chi connectivity index (χ1n) is 5.92. The lowest BCUT2D eigenvalue weighted by atomic mass is 10.1. The molecule has 1 heterocycles. The van der Waals surface area contributed by atoms with Gasteiger partial charge in [-0.1, -0.05) is 23.2 Å². The highest BCUT2D eigenvalue weighted by molar-refractivity contribution is 6.42. The van der Waals surface area contributed by atoms with Gasteiger partial charge in [0.25, 0.3) is 0 Å². The number of benzene rings is 1. The van der Waals surface area contributed by atoms with Gasteiger partial charge in [-0.3, -0.25) is 14.4 Å². The van der Waals surface area contributed by atoms with E-state index in [-0.39, 0.29) is 21.9 Å². The van der Waals surface area contributed by atoms with E-state index in [1.165, 1.54) is 26.0 Å². The smallest absolute Gasteiger partial charge is 0.230 e. The number of hydrogen-bond acceptors (Lipinski definition) is 4. The monoisotopic (exact) mass is 324 g/mol. The Labute approximate surface area is 130 Å². The predicted molar refractivity (Wildman–Crippen MR) is 81.0 cm³/mol. The van der Waals surface area contributed by atoms with Crippen molar-refractivity contribution in [1.29, 1.82) is 0 Å². The minimum Gasteiger partial charge on any atom is -0.296 e. The summed E-state index contributed by atoms with van der Waals surface area (Å²) >= 11 is 12.2. The Morgan fingerprint density at radius 3 is 2.29 bits per heavy atom. The number of rotatable bonds is 2. The highest BCUT2D eigenvalue weighted by atomic mass is 35.5. The summed E-state index contributed by atoms with van der Waals surface area (Å²) in [6.45, 7) is 2.48. The van der Waals surface area contributed by atoms with Crippen molar-refractivity contribution in [3.8, 4) is 0 Å². The molecule has 0 radical (unpaired) electrons. The Morgan fingerprint density at radius 2 is 1.76 bits per heavy atom. The molecule has 1 aromatic carbocycles. The minimum atomic E-state index is -0.508. The van der Waals surface area contributed by atoms with Crippen LogP contribution in [0.1, 0.15) is 24.3 Å². The van der Waals surface area contributed by atoms with E-state index in [0.29, 0.717) is 16.7 Å². The number of anilines is 1. The van der Waals surface area contributed by atoms with Gasteiger partial charge in [-0.25, -0.2) is 9.88 Å². The molecule has 0 bridgehead atoms. The molecule has 2 amide bonds. The van der Waals surface area contributed by atoms with Gasteiger partial charge in [-0.15, -0.1) is 0 Å². The lowest BCUT2D eigenvalue weighted by molar-refractivity contribution is -0.124. The van der Waals surface area contributed by atoms with E-state index in [0.717, 1.165) is 4.90 Å². The molecule has 0 fully saturated rings. The van der Waals surface area contributed by atoms with Gasteiger partial charge in [0.05, 0.1) is 21.2 Å². The number of pyridine rings is 1. The zero-order valence-electron chi connectivity index (χ0n) is 11.2. The summed E-state index contributed by atoms with van der Waals surface area (Å²) < 4.78 is 0. The summed E-state index contributed by atoms with van der Waals surface area (Å²) in [6, 6.07) is 4.51. The molecule has 0 aliphatic heterocycles. The average Bonchev–Trinajstić information content (AvgIpc) is 2.41. The molecule has 7 heteroatoms. The third-order valence-electron chi connectivity index (χ3n) is 2.85. The molecule has 108 valence electrons. The van der Waals surface area contributed by atoms with Crippen molar-refractivity contribution >= 4 is 57.9 Å². The SMILES string of the molecule is CC(=O)N(C(C)=O)c1c(Cl)cc(Cl)c2ccc(C=O)nc12. The van der Waals surface area contributed by atoms with Crippen LogP contribution in [-0.2, 0) is 9.59 Å². The van der Waals surface area contributed by atoms with Crippen molar-refractivity contribution in [3.05, 3.63) is 33.9 Å². The maximum absolute atomic E-state index is 11.7. The second kappa shape index (κ2) is 5.79. The standard InChI is InChI=1S/C14H10Cl2N2O3/c1-7(20)18(8(2)21)14-12(16)5-11(15)10-4-3-9(6-19)17-13(10)14/h3-6H,1-2H3. The second-order valence-corrected chi connectivity index (χ2v) is 5.13. The summed E-state index contributed by atoms with van der Waals surface area (Å²) in [5, 5.41) is 0.915. The van der Waals surface area contributed by atoms with Crippen molar-refractivity contribution < 1.29 is 14.4 Å². The van der Waals surface area contributed by atoms with Gasteiger partial charge in [0.15, 0.2) is 6.29 Å². The van der Waals surface area contributed by atoms with Crippen molar-refractivity contribution in [1.82, 2.24) is 4.98 Å². The van der Waals surface area contributed by atoms with Crippen LogP contribution in [-0.4, -0.2) is 23.1 Å². The quantitative estimate of drug-likeness (QED) is 0.795. The van der Waals surface area contributed by atoms with E-state index in [1.807, 2.05) is 0 Å². The number of aromatic nitrogens is 1. The summed E-state index contributed by atoms with van der Waals surface area (Å²) in [4.78, 5) is 39.4. The van der Waals surface area contributed by atoms with Gasteiger partial charge in [-0.2, -0.15) is 0 Å². The van der Waals surface area contributed by atoms with Crippen LogP contribution in [0, 0.1) is 0 Å². The topological polar surface area (TPSA) is 67.3 Å². The van der Waals surface area contributed by atoms with Crippen molar-refractivity contribution in [2.24, 2.45) is 0 Å². The van der Waals surface area contributed by atoms with Gasteiger partial charge >= 0.3 is 0 Å². The van der Waals surface area contributed by atoms with Crippen LogP contribution in [0.2, 0.25) is 10.0 Å². The third-order valence-corrected chi connectivity index (χ3v) is 3.45. The van der Waals surface area contributed by atoms with E-state index in [4.69, 9.17) is 23.2 Å². The highest BCUT2D eigenvalue weighted by Crippen LogP contribution is 2.38. The third kappa shape index (κ3) is 2.75. The molecule has 5 nitrogen and oxygen atoms in total. The van der Waals surface area contributed by atoms with E-state index in [9.17, 15) is 14.4 Å². The molecule has 0 spiro atoms. The predicted octanol–water partition coefficient (Wildman–Crippen LogP) is 3.25. The Balaban J connectivity index is 2.92. The number of carbonyl (C=O) groups is 3. The zero-order valence-corrected chi connectivity index (χ0v) is 12.7. The zero-order chi connectivity index (χ0) is 15.7. The van der Waals surface area contributed by atoms with Crippen LogP contribution in [0.25, 0.3) is 10.9 Å². The minimum absolute atomic E-state index is 0.105. The van der Waals surface area contributed by atoms with E-state index < -0.39 is 11.8 Å². The lowest BCUT2D eigenvalue weighted by Gasteiger charge is -2.20. The summed E-state index contributed by atoms with van der Waals surface area (Å²) in [7, 11) is 0. The molecule has 0 saturated carbocycles. The van der Waals surface area contributed by atoms with E-state index in [1.54, 1.807) is 6.07 Å². The maximum atomic E-state index is 11.7. The molecule has 0 aliphatic rings. The molecular weight excluding hydrogens is 315 g/mol. The normalized spacial score (nSPS) is 10.5. The number of carbonyl (C=O) groups excluding carboxylic acids is 3. The molecule has 0 saturated heterocycles. The molecule has 21 heavy (non-hydrogen) atoms. The van der Waals surface area contributed by atoms with Crippen LogP contribution in [0.4, 0.5) is 5.69 Å². The fourth-order valence-electron chi connectivity index (χ4n) is 2.03. The van der Waals surface area contributed by atoms with Crippen molar-refractivity contribution in [3.63, 3.8) is 0 Å². The first-order chi connectivity index (χ1) is 9.86. The molecule has 2 aromatic rings. The van der Waals surface area contributed by atoms with Crippen molar-refractivity contribution in [2.45, 2.75) is 13.8 Å². The molecule has 0 N–H and O–H groups in total. The molecule has 2 rings (SSSR count). The molecule has 1 aromatic heterocycles. The Bertz CT molecular complexity index is 760. The Kier molecular flexibility index (Phi) is 4.25. The summed E-state index contributed by atoms with van der Waals surface area (Å²) in [6.07, 6.45) is 0.559. The van der Waals surface area contributed by atoms with E-state index in [2.05, 4.69) is 4.98 Å². The maximum Gasteiger partial charge on any atom is 0.230 e. The largest absolute Gasteiger partial charge is 0.296 e. The molecule has 0 aliphatic carbocycles. The molecule has 0 atom stereocenters. The number of nitrogens with zero attached hydrogens (tertiary/aromatic N) is 2. The van der Waals surface area contributed by atoms with Crippen molar-refractivity contribution in [2.75, 3.05) is 4.90 Å². The van der Waals surface area contributed by atoms with E-state index >= 15 is 0 Å². The molecule has 0 unspecified atom stereocenters. The number of fused-ring (bicyclic) bond motifs is 1. The van der Waals surface area contributed by atoms with Crippen LogP contribution in [0.15, 0.2) is 18.2 Å². The average molecular weight is 325 g/mol. The van der Waals surface area contributed by atoms with Gasteiger partial charge < -0.3 is 0 Å².